The van der Waals surface area contributed by atoms with Crippen LogP contribution in [0.4, 0.5) is 0 Å². The number of carbonyl (C=O) groups is 1. The average Bonchev–Trinajstić information content (AvgIpc) is 3.15. The number of amides is 1. The minimum absolute atomic E-state index is 0.244. The van der Waals surface area contributed by atoms with Gasteiger partial charge in [-0.2, -0.15) is 10.2 Å². The Balaban J connectivity index is 1.60. The minimum Gasteiger partial charge on any atom is -0.354 e. The maximum atomic E-state index is 13.2. The Morgan fingerprint density at radius 3 is 2.41 bits per heavy atom. The molecule has 164 valence electrons. The van der Waals surface area contributed by atoms with Crippen molar-refractivity contribution in [2.24, 2.45) is 0 Å². The Morgan fingerprint density at radius 1 is 1.00 bits per heavy atom. The van der Waals surface area contributed by atoms with Gasteiger partial charge in [-0.25, -0.2) is 9.36 Å². The molecule has 2 aromatic heterocycles. The molecule has 7 nitrogen and oxygen atoms in total. The molecule has 0 unspecified atom stereocenters. The SMILES string of the molecule is Cc1ccccc1CCNC(=O)[C@H](C)n1nc(C)c2c(C)n(-c3ccccc3)nc2c1=O. The third-order valence-corrected chi connectivity index (χ3v) is 5.85. The lowest BCUT2D eigenvalue weighted by Crippen LogP contribution is -2.38. The number of aromatic nitrogens is 4. The van der Waals surface area contributed by atoms with E-state index in [9.17, 15) is 9.59 Å². The van der Waals surface area contributed by atoms with Crippen LogP contribution in [0.2, 0.25) is 0 Å². The molecule has 2 aromatic carbocycles. The summed E-state index contributed by atoms with van der Waals surface area (Å²) in [5, 5.41) is 12.7. The predicted octanol–water partition coefficient (Wildman–Crippen LogP) is 3.43. The average molecular weight is 430 g/mol. The van der Waals surface area contributed by atoms with Gasteiger partial charge in [-0.1, -0.05) is 42.5 Å². The molecule has 0 bridgehead atoms. The molecule has 7 heteroatoms. The number of nitrogens with one attached hydrogen (secondary N) is 1. The quantitative estimate of drug-likeness (QED) is 0.509. The molecule has 32 heavy (non-hydrogen) atoms. The highest BCUT2D eigenvalue weighted by atomic mass is 16.2. The van der Waals surface area contributed by atoms with Gasteiger partial charge in [0.05, 0.1) is 22.5 Å². The summed E-state index contributed by atoms with van der Waals surface area (Å²) in [6.45, 7) is 7.99. The number of rotatable bonds is 6. The van der Waals surface area contributed by atoms with Gasteiger partial charge < -0.3 is 5.32 Å². The summed E-state index contributed by atoms with van der Waals surface area (Å²) in [7, 11) is 0. The van der Waals surface area contributed by atoms with E-state index >= 15 is 0 Å². The monoisotopic (exact) mass is 429 g/mol. The van der Waals surface area contributed by atoms with Crippen molar-refractivity contribution >= 4 is 16.8 Å². The Bertz CT molecular complexity index is 1340. The molecule has 0 aliphatic heterocycles. The van der Waals surface area contributed by atoms with Crippen LogP contribution in [0.1, 0.15) is 35.5 Å². The van der Waals surface area contributed by atoms with Gasteiger partial charge in [0.25, 0.3) is 5.56 Å². The van der Waals surface area contributed by atoms with Crippen LogP contribution in [-0.2, 0) is 11.2 Å². The molecule has 4 aromatic rings. The van der Waals surface area contributed by atoms with Crippen molar-refractivity contribution in [1.82, 2.24) is 24.9 Å². The first-order valence-corrected chi connectivity index (χ1v) is 10.7. The van der Waals surface area contributed by atoms with E-state index in [1.165, 1.54) is 15.8 Å². The first-order chi connectivity index (χ1) is 15.4. The molecule has 4 rings (SSSR count). The zero-order valence-electron chi connectivity index (χ0n) is 18.8. The van der Waals surface area contributed by atoms with Gasteiger partial charge in [0.1, 0.15) is 6.04 Å². The number of carbonyl (C=O) groups excluding carboxylic acids is 1. The Labute approximate surface area is 186 Å². The highest BCUT2D eigenvalue weighted by Gasteiger charge is 2.23. The van der Waals surface area contributed by atoms with Gasteiger partial charge in [-0.15, -0.1) is 0 Å². The molecule has 1 amide bonds. The lowest BCUT2D eigenvalue weighted by atomic mass is 10.1. The van der Waals surface area contributed by atoms with Crippen molar-refractivity contribution in [1.29, 1.82) is 0 Å². The third kappa shape index (κ3) is 3.93. The fourth-order valence-electron chi connectivity index (χ4n) is 4.00. The van der Waals surface area contributed by atoms with E-state index in [0.29, 0.717) is 17.8 Å². The van der Waals surface area contributed by atoms with Crippen LogP contribution in [0, 0.1) is 20.8 Å². The van der Waals surface area contributed by atoms with E-state index < -0.39 is 6.04 Å². The molecule has 0 aliphatic carbocycles. The second kappa shape index (κ2) is 8.78. The summed E-state index contributed by atoms with van der Waals surface area (Å²) in [5.41, 5.74) is 4.71. The smallest absolute Gasteiger partial charge is 0.295 e. The zero-order valence-corrected chi connectivity index (χ0v) is 18.8. The lowest BCUT2D eigenvalue weighted by molar-refractivity contribution is -0.124. The Morgan fingerprint density at radius 2 is 1.69 bits per heavy atom. The second-order valence-corrected chi connectivity index (χ2v) is 8.03. The van der Waals surface area contributed by atoms with Gasteiger partial charge in [-0.05, 0) is 57.4 Å². The largest absolute Gasteiger partial charge is 0.354 e. The molecule has 0 saturated heterocycles. The number of nitrogens with zero attached hydrogens (tertiary/aromatic N) is 4. The molecular weight excluding hydrogens is 402 g/mol. The molecule has 1 N–H and O–H groups in total. The standard InChI is InChI=1S/C25H27N5O2/c1-16-10-8-9-11-20(16)14-15-26-24(31)19(4)30-25(32)23-22(17(2)27-30)18(3)29(28-23)21-12-6-5-7-13-21/h5-13,19H,14-15H2,1-4H3,(H,26,31)/t19-/m0/s1. The molecule has 0 saturated carbocycles. The van der Waals surface area contributed by atoms with Crippen LogP contribution in [-0.4, -0.2) is 32.0 Å². The number of para-hydroxylation sites is 1. The van der Waals surface area contributed by atoms with Crippen LogP contribution in [0.25, 0.3) is 16.6 Å². The molecule has 0 spiro atoms. The summed E-state index contributed by atoms with van der Waals surface area (Å²) in [6.07, 6.45) is 0.728. The molecule has 2 heterocycles. The van der Waals surface area contributed by atoms with E-state index in [1.807, 2.05) is 56.3 Å². The van der Waals surface area contributed by atoms with Gasteiger partial charge >= 0.3 is 0 Å². The zero-order chi connectivity index (χ0) is 22.8. The second-order valence-electron chi connectivity index (χ2n) is 8.03. The van der Waals surface area contributed by atoms with Crippen molar-refractivity contribution in [3.05, 3.63) is 87.5 Å². The molecule has 0 aliphatic rings. The molecular formula is C25H27N5O2. The van der Waals surface area contributed by atoms with Gasteiger partial charge in [0, 0.05) is 6.54 Å². The van der Waals surface area contributed by atoms with Crippen molar-refractivity contribution in [2.75, 3.05) is 6.54 Å². The van der Waals surface area contributed by atoms with Gasteiger partial charge in [0.15, 0.2) is 5.52 Å². The van der Waals surface area contributed by atoms with Crippen LogP contribution >= 0.6 is 0 Å². The molecule has 0 fully saturated rings. The summed E-state index contributed by atoms with van der Waals surface area (Å²) in [5.74, 6) is -0.244. The number of benzene rings is 2. The van der Waals surface area contributed by atoms with Gasteiger partial charge in [0.2, 0.25) is 5.91 Å². The summed E-state index contributed by atoms with van der Waals surface area (Å²) in [4.78, 5) is 26.0. The van der Waals surface area contributed by atoms with Crippen molar-refractivity contribution in [3.63, 3.8) is 0 Å². The van der Waals surface area contributed by atoms with Crippen molar-refractivity contribution in [2.45, 2.75) is 40.2 Å². The van der Waals surface area contributed by atoms with Gasteiger partial charge in [-0.3, -0.25) is 9.59 Å². The minimum atomic E-state index is -0.746. The molecule has 0 radical (unpaired) electrons. The molecule has 1 atom stereocenters. The summed E-state index contributed by atoms with van der Waals surface area (Å²) >= 11 is 0. The first-order valence-electron chi connectivity index (χ1n) is 10.7. The predicted molar refractivity (Wildman–Crippen MR) is 125 cm³/mol. The topological polar surface area (TPSA) is 81.8 Å². The third-order valence-electron chi connectivity index (χ3n) is 5.85. The maximum Gasteiger partial charge on any atom is 0.295 e. The fourth-order valence-corrected chi connectivity index (χ4v) is 4.00. The van der Waals surface area contributed by atoms with Crippen LogP contribution in [0.3, 0.4) is 0 Å². The highest BCUT2D eigenvalue weighted by Crippen LogP contribution is 2.21. The summed E-state index contributed by atoms with van der Waals surface area (Å²) in [6, 6.07) is 17.0. The van der Waals surface area contributed by atoms with E-state index in [2.05, 4.69) is 34.6 Å². The number of hydrogen-bond acceptors (Lipinski definition) is 4. The number of fused-ring (bicyclic) bond motifs is 1. The lowest BCUT2D eigenvalue weighted by Gasteiger charge is -2.15. The Hall–Kier alpha value is -3.74. The normalized spacial score (nSPS) is 12.1. The number of hydrogen-bond donors (Lipinski definition) is 1. The van der Waals surface area contributed by atoms with Crippen LogP contribution in [0.15, 0.2) is 59.4 Å². The van der Waals surface area contributed by atoms with E-state index in [0.717, 1.165) is 23.2 Å². The maximum absolute atomic E-state index is 13.2. The number of aryl methyl sites for hydroxylation is 3. The van der Waals surface area contributed by atoms with E-state index in [1.54, 1.807) is 11.6 Å². The van der Waals surface area contributed by atoms with Crippen molar-refractivity contribution < 1.29 is 4.79 Å². The van der Waals surface area contributed by atoms with Crippen LogP contribution < -0.4 is 10.9 Å². The first kappa shape index (κ1) is 21.5. The Kier molecular flexibility index (Phi) is 5.90. The highest BCUT2D eigenvalue weighted by molar-refractivity contribution is 5.84. The van der Waals surface area contributed by atoms with Crippen molar-refractivity contribution in [3.8, 4) is 5.69 Å². The van der Waals surface area contributed by atoms with Crippen LogP contribution in [0.5, 0.6) is 0 Å². The van der Waals surface area contributed by atoms with E-state index in [4.69, 9.17) is 0 Å². The van der Waals surface area contributed by atoms with E-state index in [-0.39, 0.29) is 11.5 Å². The fraction of sp³-hybridized carbons (Fsp3) is 0.280. The summed E-state index contributed by atoms with van der Waals surface area (Å²) < 4.78 is 2.99.